The summed E-state index contributed by atoms with van der Waals surface area (Å²) >= 11 is 0. The Morgan fingerprint density at radius 3 is 2.69 bits per heavy atom. The molecule has 26 heavy (non-hydrogen) atoms. The van der Waals surface area contributed by atoms with Crippen LogP contribution in [0.2, 0.25) is 0 Å². The fourth-order valence-corrected chi connectivity index (χ4v) is 3.32. The number of nitrogens with zero attached hydrogens (tertiary/aromatic N) is 6. The molecule has 1 saturated heterocycles. The minimum absolute atomic E-state index is 0.0493. The number of para-hydroxylation sites is 2. The van der Waals surface area contributed by atoms with Gasteiger partial charge < -0.3 is 19.4 Å². The van der Waals surface area contributed by atoms with Crippen LogP contribution in [0.4, 0.5) is 5.82 Å². The Bertz CT molecular complexity index is 941. The summed E-state index contributed by atoms with van der Waals surface area (Å²) in [5, 5.41) is 11.2. The number of imidazole rings is 2. The first-order valence-corrected chi connectivity index (χ1v) is 8.57. The zero-order valence-corrected chi connectivity index (χ0v) is 14.5. The van der Waals surface area contributed by atoms with E-state index in [0.29, 0.717) is 11.6 Å². The molecule has 9 nitrogen and oxygen atoms in total. The zero-order valence-electron chi connectivity index (χ0n) is 14.5. The third-order valence-corrected chi connectivity index (χ3v) is 4.75. The van der Waals surface area contributed by atoms with Gasteiger partial charge in [0, 0.05) is 26.2 Å². The summed E-state index contributed by atoms with van der Waals surface area (Å²) in [5.41, 5.74) is 1.86. The Balaban J connectivity index is 1.73. The highest BCUT2D eigenvalue weighted by molar-refractivity contribution is 5.79. The molecule has 1 aliphatic heterocycles. The van der Waals surface area contributed by atoms with Crippen LogP contribution in [0.25, 0.3) is 22.7 Å². The van der Waals surface area contributed by atoms with Gasteiger partial charge in [-0.25, -0.2) is 14.5 Å². The van der Waals surface area contributed by atoms with Gasteiger partial charge in [0.25, 0.3) is 5.82 Å². The molecular weight excluding hydrogens is 336 g/mol. The van der Waals surface area contributed by atoms with E-state index in [2.05, 4.69) is 14.5 Å². The van der Waals surface area contributed by atoms with Crippen LogP contribution >= 0.6 is 0 Å². The molecule has 4 rings (SSSR count). The smallest absolute Gasteiger partial charge is 0.343 e. The topological polar surface area (TPSA) is 91.2 Å². The van der Waals surface area contributed by atoms with Crippen LogP contribution in [-0.2, 0) is 18.3 Å². The third-order valence-electron chi connectivity index (χ3n) is 4.75. The maximum absolute atomic E-state index is 11.2. The van der Waals surface area contributed by atoms with Gasteiger partial charge >= 0.3 is 5.82 Å². The maximum Gasteiger partial charge on any atom is 0.343 e. The van der Waals surface area contributed by atoms with Crippen LogP contribution in [0.1, 0.15) is 0 Å². The average molecular weight is 356 g/mol. The molecule has 1 aromatic carbocycles. The molecule has 136 valence electrons. The SMILES string of the molecule is Cn1c([N+](=O)[O-])cnc1-c1nc2ccccc2n1CCN1CCOCC1. The van der Waals surface area contributed by atoms with Crippen molar-refractivity contribution in [3.05, 3.63) is 40.6 Å². The second kappa shape index (κ2) is 6.85. The lowest BCUT2D eigenvalue weighted by Crippen LogP contribution is -2.38. The fourth-order valence-electron chi connectivity index (χ4n) is 3.32. The number of hydrogen-bond donors (Lipinski definition) is 0. The lowest BCUT2D eigenvalue weighted by Gasteiger charge is -2.26. The van der Waals surface area contributed by atoms with Crippen molar-refractivity contribution in [1.82, 2.24) is 24.0 Å². The van der Waals surface area contributed by atoms with E-state index in [1.54, 1.807) is 7.05 Å². The van der Waals surface area contributed by atoms with Gasteiger partial charge in [0.2, 0.25) is 5.82 Å². The first-order chi connectivity index (χ1) is 12.6. The van der Waals surface area contributed by atoms with E-state index in [9.17, 15) is 10.1 Å². The Morgan fingerprint density at radius 1 is 1.19 bits per heavy atom. The first kappa shape index (κ1) is 16.7. The van der Waals surface area contributed by atoms with E-state index < -0.39 is 4.92 Å². The summed E-state index contributed by atoms with van der Waals surface area (Å²) in [7, 11) is 1.64. The predicted molar refractivity (Wildman–Crippen MR) is 95.8 cm³/mol. The van der Waals surface area contributed by atoms with Crippen molar-refractivity contribution in [2.45, 2.75) is 6.54 Å². The van der Waals surface area contributed by atoms with Crippen molar-refractivity contribution in [3.63, 3.8) is 0 Å². The molecule has 0 saturated carbocycles. The monoisotopic (exact) mass is 356 g/mol. The van der Waals surface area contributed by atoms with Gasteiger partial charge in [-0.2, -0.15) is 0 Å². The van der Waals surface area contributed by atoms with Gasteiger partial charge in [0.15, 0.2) is 0 Å². The van der Waals surface area contributed by atoms with Crippen molar-refractivity contribution >= 4 is 16.9 Å². The third kappa shape index (κ3) is 2.95. The Morgan fingerprint density at radius 2 is 1.96 bits per heavy atom. The molecule has 0 spiro atoms. The van der Waals surface area contributed by atoms with Gasteiger partial charge in [0.05, 0.1) is 31.3 Å². The minimum atomic E-state index is -0.433. The number of morpholine rings is 1. The van der Waals surface area contributed by atoms with Crippen LogP contribution in [-0.4, -0.2) is 61.8 Å². The Hall–Kier alpha value is -2.78. The van der Waals surface area contributed by atoms with Crippen molar-refractivity contribution in [1.29, 1.82) is 0 Å². The van der Waals surface area contributed by atoms with Crippen LogP contribution in [0.5, 0.6) is 0 Å². The number of fused-ring (bicyclic) bond motifs is 1. The molecule has 2 aromatic heterocycles. The molecule has 0 amide bonds. The molecule has 0 bridgehead atoms. The molecule has 9 heteroatoms. The second-order valence-corrected chi connectivity index (χ2v) is 6.29. The van der Waals surface area contributed by atoms with E-state index in [0.717, 1.165) is 50.4 Å². The molecule has 0 radical (unpaired) electrons. The van der Waals surface area contributed by atoms with Crippen LogP contribution in [0.3, 0.4) is 0 Å². The van der Waals surface area contributed by atoms with Gasteiger partial charge in [-0.15, -0.1) is 0 Å². The number of ether oxygens (including phenoxy) is 1. The first-order valence-electron chi connectivity index (χ1n) is 8.57. The standard InChI is InChI=1S/C17H20N6O3/c1-20-15(23(24)25)12-18-16(20)17-19-13-4-2-3-5-14(13)22(17)7-6-21-8-10-26-11-9-21/h2-5,12H,6-11H2,1H3. The van der Waals surface area contributed by atoms with Crippen molar-refractivity contribution in [3.8, 4) is 11.6 Å². The predicted octanol–water partition coefficient (Wildman–Crippen LogP) is 1.68. The number of aromatic nitrogens is 4. The molecule has 0 unspecified atom stereocenters. The highest BCUT2D eigenvalue weighted by atomic mass is 16.6. The zero-order chi connectivity index (χ0) is 18.1. The molecule has 1 aliphatic rings. The van der Waals surface area contributed by atoms with E-state index in [1.165, 1.54) is 10.8 Å². The maximum atomic E-state index is 11.2. The molecule has 0 aliphatic carbocycles. The quantitative estimate of drug-likeness (QED) is 0.510. The average Bonchev–Trinajstić information content (AvgIpc) is 3.21. The Kier molecular flexibility index (Phi) is 4.39. The number of benzene rings is 1. The summed E-state index contributed by atoms with van der Waals surface area (Å²) in [5.74, 6) is 1.09. The minimum Gasteiger partial charge on any atom is -0.379 e. The molecule has 3 aromatic rings. The number of rotatable bonds is 5. The summed E-state index contributed by atoms with van der Waals surface area (Å²) < 4.78 is 8.98. The van der Waals surface area contributed by atoms with Gasteiger partial charge in [-0.3, -0.25) is 4.90 Å². The van der Waals surface area contributed by atoms with E-state index in [1.807, 2.05) is 24.3 Å². The van der Waals surface area contributed by atoms with Crippen molar-refractivity contribution in [2.75, 3.05) is 32.8 Å². The van der Waals surface area contributed by atoms with Gasteiger partial charge in [0.1, 0.15) is 6.20 Å². The molecule has 3 heterocycles. The normalized spacial score (nSPS) is 15.6. The Labute approximate surface area is 150 Å². The lowest BCUT2D eigenvalue weighted by molar-refractivity contribution is -0.391. The van der Waals surface area contributed by atoms with E-state index >= 15 is 0 Å². The lowest BCUT2D eigenvalue weighted by atomic mass is 10.3. The second-order valence-electron chi connectivity index (χ2n) is 6.29. The largest absolute Gasteiger partial charge is 0.379 e. The van der Waals surface area contributed by atoms with Gasteiger partial charge in [-0.05, 0) is 17.1 Å². The van der Waals surface area contributed by atoms with Crippen LogP contribution in [0, 0.1) is 10.1 Å². The molecule has 0 N–H and O–H groups in total. The van der Waals surface area contributed by atoms with E-state index in [-0.39, 0.29) is 5.82 Å². The fraction of sp³-hybridized carbons (Fsp3) is 0.412. The van der Waals surface area contributed by atoms with Crippen molar-refractivity contribution < 1.29 is 9.66 Å². The highest BCUT2D eigenvalue weighted by Crippen LogP contribution is 2.26. The van der Waals surface area contributed by atoms with Crippen molar-refractivity contribution in [2.24, 2.45) is 7.05 Å². The number of hydrogen-bond acceptors (Lipinski definition) is 6. The van der Waals surface area contributed by atoms with Crippen LogP contribution < -0.4 is 0 Å². The number of nitro groups is 1. The molecule has 1 fully saturated rings. The van der Waals surface area contributed by atoms with Crippen LogP contribution in [0.15, 0.2) is 30.5 Å². The van der Waals surface area contributed by atoms with E-state index in [4.69, 9.17) is 9.72 Å². The summed E-state index contributed by atoms with van der Waals surface area (Å²) in [6.07, 6.45) is 1.28. The van der Waals surface area contributed by atoms with Gasteiger partial charge in [-0.1, -0.05) is 12.1 Å². The summed E-state index contributed by atoms with van der Waals surface area (Å²) in [6.45, 7) is 4.93. The summed E-state index contributed by atoms with van der Waals surface area (Å²) in [4.78, 5) is 22.0. The highest BCUT2D eigenvalue weighted by Gasteiger charge is 2.24. The molecule has 0 atom stereocenters. The summed E-state index contributed by atoms with van der Waals surface area (Å²) in [6, 6.07) is 7.87. The molecular formula is C17H20N6O3.